The first-order valence-electron chi connectivity index (χ1n) is 9.06. The summed E-state index contributed by atoms with van der Waals surface area (Å²) in [5.41, 5.74) is 2.50. The van der Waals surface area contributed by atoms with E-state index >= 15 is 0 Å². The molecule has 1 aliphatic rings. The van der Waals surface area contributed by atoms with Crippen molar-refractivity contribution in [1.82, 2.24) is 24.4 Å². The Hall–Kier alpha value is -3.22. The molecule has 7 nitrogen and oxygen atoms in total. The van der Waals surface area contributed by atoms with Crippen molar-refractivity contribution in [3.05, 3.63) is 66.0 Å². The van der Waals surface area contributed by atoms with Gasteiger partial charge in [0, 0.05) is 31.7 Å². The molecule has 0 unspecified atom stereocenters. The van der Waals surface area contributed by atoms with Gasteiger partial charge < -0.3 is 14.8 Å². The van der Waals surface area contributed by atoms with E-state index in [1.54, 1.807) is 23.3 Å². The molecule has 1 amide bonds. The quantitative estimate of drug-likeness (QED) is 0.771. The van der Waals surface area contributed by atoms with Crippen LogP contribution in [0.5, 0.6) is 0 Å². The third kappa shape index (κ3) is 3.67. The first kappa shape index (κ1) is 17.2. The highest BCUT2D eigenvalue weighted by atomic mass is 16.2. The van der Waals surface area contributed by atoms with Gasteiger partial charge in [0.2, 0.25) is 0 Å². The second kappa shape index (κ2) is 7.19. The summed E-state index contributed by atoms with van der Waals surface area (Å²) in [5.74, 6) is 1.46. The summed E-state index contributed by atoms with van der Waals surface area (Å²) in [4.78, 5) is 27.8. The van der Waals surface area contributed by atoms with Crippen molar-refractivity contribution in [2.24, 2.45) is 7.05 Å². The molecule has 3 aromatic rings. The smallest absolute Gasteiger partial charge is 0.274 e. The molecule has 1 saturated heterocycles. The van der Waals surface area contributed by atoms with Gasteiger partial charge in [-0.2, -0.15) is 0 Å². The largest absolute Gasteiger partial charge is 0.340 e. The monoisotopic (exact) mass is 362 g/mol. The van der Waals surface area contributed by atoms with Gasteiger partial charge in [-0.25, -0.2) is 15.0 Å². The number of carbonyl (C=O) groups excluding carboxylic acids is 1. The molecule has 0 aliphatic carbocycles. The fourth-order valence-corrected chi connectivity index (χ4v) is 3.49. The maximum absolute atomic E-state index is 12.9. The van der Waals surface area contributed by atoms with Crippen LogP contribution in [0.15, 0.2) is 49.1 Å². The Labute approximate surface area is 158 Å². The SMILES string of the molecule is Cc1cccc(Nc2cc([C@H]3CCCN3C(=O)c3cn(C)cn3)ccn2)n1. The Morgan fingerprint density at radius 2 is 2.11 bits per heavy atom. The average molecular weight is 362 g/mol. The first-order chi connectivity index (χ1) is 13.1. The maximum Gasteiger partial charge on any atom is 0.274 e. The molecule has 1 atom stereocenters. The van der Waals surface area contributed by atoms with Crippen LogP contribution in [0.2, 0.25) is 0 Å². The van der Waals surface area contributed by atoms with E-state index in [1.165, 1.54) is 0 Å². The highest BCUT2D eigenvalue weighted by Crippen LogP contribution is 2.33. The lowest BCUT2D eigenvalue weighted by molar-refractivity contribution is 0.0730. The number of hydrogen-bond donors (Lipinski definition) is 1. The van der Waals surface area contributed by atoms with E-state index in [4.69, 9.17) is 0 Å². The summed E-state index contributed by atoms with van der Waals surface area (Å²) in [6.07, 6.45) is 7.11. The van der Waals surface area contributed by atoms with Gasteiger partial charge in [0.15, 0.2) is 0 Å². The molecule has 0 bridgehead atoms. The van der Waals surface area contributed by atoms with Gasteiger partial charge in [-0.15, -0.1) is 0 Å². The van der Waals surface area contributed by atoms with Crippen molar-refractivity contribution in [2.75, 3.05) is 11.9 Å². The van der Waals surface area contributed by atoms with Gasteiger partial charge in [0.1, 0.15) is 17.3 Å². The predicted octanol–water partition coefficient (Wildman–Crippen LogP) is 3.24. The number of rotatable bonds is 4. The Morgan fingerprint density at radius 1 is 1.22 bits per heavy atom. The summed E-state index contributed by atoms with van der Waals surface area (Å²) in [5, 5.41) is 3.25. The van der Waals surface area contributed by atoms with Gasteiger partial charge in [-0.3, -0.25) is 4.79 Å². The van der Waals surface area contributed by atoms with E-state index in [2.05, 4.69) is 20.3 Å². The van der Waals surface area contributed by atoms with Crippen molar-refractivity contribution < 1.29 is 4.79 Å². The second-order valence-electron chi connectivity index (χ2n) is 6.84. The van der Waals surface area contributed by atoms with Crippen LogP contribution < -0.4 is 5.32 Å². The molecular formula is C20H22N6O. The van der Waals surface area contributed by atoms with Gasteiger partial charge in [0.05, 0.1) is 12.4 Å². The normalized spacial score (nSPS) is 16.5. The highest BCUT2D eigenvalue weighted by Gasteiger charge is 2.31. The van der Waals surface area contributed by atoms with Crippen molar-refractivity contribution in [2.45, 2.75) is 25.8 Å². The highest BCUT2D eigenvalue weighted by molar-refractivity contribution is 5.92. The van der Waals surface area contributed by atoms with Crippen LogP contribution in [0.1, 0.15) is 40.6 Å². The zero-order chi connectivity index (χ0) is 18.8. The van der Waals surface area contributed by atoms with Crippen LogP contribution in [0.3, 0.4) is 0 Å². The van der Waals surface area contributed by atoms with Crippen LogP contribution in [0, 0.1) is 6.92 Å². The Kier molecular flexibility index (Phi) is 4.58. The van der Waals surface area contributed by atoms with Crippen LogP contribution in [-0.4, -0.2) is 36.9 Å². The number of aryl methyl sites for hydroxylation is 2. The standard InChI is InChI=1S/C20H22N6O/c1-14-5-3-7-18(23-14)24-19-11-15(8-9-21-19)17-6-4-10-26(17)20(27)16-12-25(2)13-22-16/h3,5,7-9,11-13,17H,4,6,10H2,1-2H3,(H,21,23,24)/t17-/m1/s1. The van der Waals surface area contributed by atoms with Gasteiger partial charge >= 0.3 is 0 Å². The molecule has 0 saturated carbocycles. The topological polar surface area (TPSA) is 75.9 Å². The number of imidazole rings is 1. The van der Waals surface area contributed by atoms with Crippen molar-refractivity contribution >= 4 is 17.5 Å². The number of likely N-dealkylation sites (tertiary alicyclic amines) is 1. The van der Waals surface area contributed by atoms with Crippen molar-refractivity contribution in [3.8, 4) is 0 Å². The molecule has 1 aliphatic heterocycles. The number of nitrogens with one attached hydrogen (secondary N) is 1. The van der Waals surface area contributed by atoms with E-state index in [9.17, 15) is 4.79 Å². The van der Waals surface area contributed by atoms with Gasteiger partial charge in [0.25, 0.3) is 5.91 Å². The van der Waals surface area contributed by atoms with E-state index in [-0.39, 0.29) is 11.9 Å². The number of amides is 1. The number of carbonyl (C=O) groups is 1. The van der Waals surface area contributed by atoms with E-state index in [1.807, 2.05) is 49.2 Å². The Balaban J connectivity index is 1.56. The fraction of sp³-hybridized carbons (Fsp3) is 0.300. The lowest BCUT2D eigenvalue weighted by Crippen LogP contribution is -2.30. The summed E-state index contributed by atoms with van der Waals surface area (Å²) >= 11 is 0. The number of aromatic nitrogens is 4. The second-order valence-corrected chi connectivity index (χ2v) is 6.84. The molecule has 1 N–H and O–H groups in total. The van der Waals surface area contributed by atoms with Crippen molar-refractivity contribution in [1.29, 1.82) is 0 Å². The summed E-state index contributed by atoms with van der Waals surface area (Å²) in [6.45, 7) is 2.69. The molecule has 0 radical (unpaired) electrons. The van der Waals surface area contributed by atoms with Crippen molar-refractivity contribution in [3.63, 3.8) is 0 Å². The Morgan fingerprint density at radius 3 is 2.89 bits per heavy atom. The molecule has 27 heavy (non-hydrogen) atoms. The molecule has 138 valence electrons. The number of pyridine rings is 2. The lowest BCUT2D eigenvalue weighted by Gasteiger charge is -2.24. The third-order valence-electron chi connectivity index (χ3n) is 4.75. The van der Waals surface area contributed by atoms with E-state index in [0.717, 1.165) is 42.3 Å². The summed E-state index contributed by atoms with van der Waals surface area (Å²) in [6, 6.07) is 9.83. The fourth-order valence-electron chi connectivity index (χ4n) is 3.49. The van der Waals surface area contributed by atoms with Gasteiger partial charge in [-0.05, 0) is 49.6 Å². The van der Waals surface area contributed by atoms with E-state index < -0.39 is 0 Å². The average Bonchev–Trinajstić information content (AvgIpc) is 3.30. The third-order valence-corrected chi connectivity index (χ3v) is 4.75. The molecular weight excluding hydrogens is 340 g/mol. The first-order valence-corrected chi connectivity index (χ1v) is 9.06. The minimum atomic E-state index is -0.0234. The predicted molar refractivity (Wildman–Crippen MR) is 103 cm³/mol. The van der Waals surface area contributed by atoms with Crippen LogP contribution in [0.25, 0.3) is 0 Å². The minimum Gasteiger partial charge on any atom is -0.340 e. The molecule has 7 heteroatoms. The zero-order valence-corrected chi connectivity index (χ0v) is 15.5. The Bertz CT molecular complexity index is 966. The van der Waals surface area contributed by atoms with E-state index in [0.29, 0.717) is 5.69 Å². The number of anilines is 2. The molecule has 3 aromatic heterocycles. The number of hydrogen-bond acceptors (Lipinski definition) is 5. The lowest BCUT2D eigenvalue weighted by atomic mass is 10.1. The molecule has 0 spiro atoms. The van der Waals surface area contributed by atoms with Crippen LogP contribution in [-0.2, 0) is 7.05 Å². The summed E-state index contributed by atoms with van der Waals surface area (Å²) < 4.78 is 1.79. The molecule has 4 heterocycles. The minimum absolute atomic E-state index is 0.0234. The van der Waals surface area contributed by atoms with Crippen LogP contribution in [0.4, 0.5) is 11.6 Å². The molecule has 4 rings (SSSR count). The molecule has 1 fully saturated rings. The number of nitrogens with zero attached hydrogens (tertiary/aromatic N) is 5. The zero-order valence-electron chi connectivity index (χ0n) is 15.5. The summed E-state index contributed by atoms with van der Waals surface area (Å²) in [7, 11) is 1.87. The van der Waals surface area contributed by atoms with Crippen LogP contribution >= 0.6 is 0 Å². The van der Waals surface area contributed by atoms with Gasteiger partial charge in [-0.1, -0.05) is 6.07 Å². The maximum atomic E-state index is 12.9. The molecule has 0 aromatic carbocycles.